The van der Waals surface area contributed by atoms with Crippen LogP contribution in [-0.4, -0.2) is 30.2 Å². The van der Waals surface area contributed by atoms with Crippen LogP contribution in [0.15, 0.2) is 41.5 Å². The number of thioether (sulfide) groups is 1. The second-order valence-electron chi connectivity index (χ2n) is 5.16. The van der Waals surface area contributed by atoms with Crippen LogP contribution in [0.2, 0.25) is 5.02 Å². The quantitative estimate of drug-likeness (QED) is 0.490. The molecule has 0 radical (unpaired) electrons. The molecule has 2 rings (SSSR count). The Bertz CT molecular complexity index is 806. The molecule has 0 spiro atoms. The summed E-state index contributed by atoms with van der Waals surface area (Å²) >= 11 is 9.41. The zero-order valence-electron chi connectivity index (χ0n) is 15.0. The number of nitrogens with zero attached hydrogens (tertiary/aromatic N) is 1. The second-order valence-corrected chi connectivity index (χ2v) is 8.04. The van der Waals surface area contributed by atoms with Crippen LogP contribution in [-0.2, 0) is 10.5 Å². The van der Waals surface area contributed by atoms with E-state index >= 15 is 0 Å². The van der Waals surface area contributed by atoms with Crippen molar-refractivity contribution in [1.29, 1.82) is 0 Å². The average Bonchev–Trinajstić information content (AvgIpc) is 3.10. The third-order valence-electron chi connectivity index (χ3n) is 3.22. The van der Waals surface area contributed by atoms with Crippen LogP contribution in [0.5, 0.6) is 0 Å². The van der Waals surface area contributed by atoms with E-state index in [1.165, 1.54) is 4.88 Å². The summed E-state index contributed by atoms with van der Waals surface area (Å²) < 4.78 is 4.67. The fourth-order valence-corrected chi connectivity index (χ4v) is 3.98. The van der Waals surface area contributed by atoms with Crippen molar-refractivity contribution >= 4 is 52.5 Å². The van der Waals surface area contributed by atoms with Gasteiger partial charge in [-0.1, -0.05) is 30.7 Å². The van der Waals surface area contributed by atoms with Crippen LogP contribution in [0.4, 0.5) is 9.59 Å². The summed E-state index contributed by atoms with van der Waals surface area (Å²) in [6, 6.07) is 10.4. The Hall–Kier alpha value is -2.03. The number of hydrazone groups is 1. The summed E-state index contributed by atoms with van der Waals surface area (Å²) in [6.07, 6.45) is -0.826. The van der Waals surface area contributed by atoms with Crippen molar-refractivity contribution in [3.8, 4) is 0 Å². The number of thiophene rings is 1. The number of alkyl carbamates (subject to hydrolysis) is 1. The minimum atomic E-state index is -0.826. The molecule has 6 nitrogen and oxygen atoms in total. The molecule has 1 heterocycles. The minimum absolute atomic E-state index is 0.173. The van der Waals surface area contributed by atoms with Crippen molar-refractivity contribution in [2.45, 2.75) is 19.6 Å². The number of rotatable bonds is 7. The van der Waals surface area contributed by atoms with Gasteiger partial charge in [0, 0.05) is 21.2 Å². The first kappa shape index (κ1) is 21.3. The Morgan fingerprint density at radius 2 is 1.93 bits per heavy atom. The number of hydrogen-bond donors (Lipinski definition) is 2. The zero-order chi connectivity index (χ0) is 19.6. The topological polar surface area (TPSA) is 79.8 Å². The summed E-state index contributed by atoms with van der Waals surface area (Å²) in [5.41, 5.74) is 3.73. The number of benzene rings is 1. The molecule has 0 aliphatic rings. The van der Waals surface area contributed by atoms with Crippen molar-refractivity contribution in [3.63, 3.8) is 0 Å². The smallest absolute Gasteiger partial charge is 0.415 e. The lowest BCUT2D eigenvalue weighted by Crippen LogP contribution is -2.37. The normalized spacial score (nSPS) is 11.1. The summed E-state index contributed by atoms with van der Waals surface area (Å²) in [5.74, 6) is 1.97. The highest BCUT2D eigenvalue weighted by Gasteiger charge is 2.13. The van der Waals surface area contributed by atoms with Crippen LogP contribution in [0, 0.1) is 0 Å². The van der Waals surface area contributed by atoms with Gasteiger partial charge in [0.15, 0.2) is 0 Å². The van der Waals surface area contributed by atoms with Gasteiger partial charge in [-0.05, 0) is 36.9 Å². The minimum Gasteiger partial charge on any atom is -0.450 e. The molecule has 27 heavy (non-hydrogen) atoms. The van der Waals surface area contributed by atoms with Crippen molar-refractivity contribution in [3.05, 3.63) is 56.7 Å². The molecule has 1 aromatic carbocycles. The predicted octanol–water partition coefficient (Wildman–Crippen LogP) is 4.86. The molecule has 0 saturated heterocycles. The Balaban J connectivity index is 2.21. The van der Waals surface area contributed by atoms with Gasteiger partial charge in [-0.15, -0.1) is 11.3 Å². The molecule has 0 aliphatic heterocycles. The molecule has 0 bridgehead atoms. The molecule has 0 atom stereocenters. The lowest BCUT2D eigenvalue weighted by molar-refractivity contribution is 0.153. The Labute approximate surface area is 171 Å². The van der Waals surface area contributed by atoms with Crippen LogP contribution in [0.3, 0.4) is 0 Å². The maximum atomic E-state index is 11.8. The molecular formula is C18H20ClN3O3S2. The highest BCUT2D eigenvalue weighted by atomic mass is 35.5. The van der Waals surface area contributed by atoms with Gasteiger partial charge in [0.05, 0.1) is 11.5 Å². The predicted molar refractivity (Wildman–Crippen MR) is 112 cm³/mol. The number of ether oxygens (including phenoxy) is 1. The number of carbonyl (C=O) groups excluding carboxylic acids is 2. The van der Waals surface area contributed by atoms with Crippen LogP contribution < -0.4 is 10.7 Å². The Morgan fingerprint density at radius 1 is 1.19 bits per heavy atom. The SMILES string of the molecule is CCOC(=O)NC(=O)NN=C(c1ccc(Cl)cc1)c1ccc(CSCC)s1. The van der Waals surface area contributed by atoms with E-state index in [9.17, 15) is 9.59 Å². The van der Waals surface area contributed by atoms with Gasteiger partial charge in [-0.3, -0.25) is 0 Å². The summed E-state index contributed by atoms with van der Waals surface area (Å²) in [6.45, 7) is 3.94. The molecule has 144 valence electrons. The third-order valence-corrected chi connectivity index (χ3v) is 5.67. The Morgan fingerprint density at radius 3 is 2.59 bits per heavy atom. The van der Waals surface area contributed by atoms with Gasteiger partial charge < -0.3 is 4.74 Å². The summed E-state index contributed by atoms with van der Waals surface area (Å²) in [5, 5.41) is 6.86. The third kappa shape index (κ3) is 6.89. The Kier molecular flexibility index (Phi) is 8.63. The molecule has 0 saturated carbocycles. The van der Waals surface area contributed by atoms with Gasteiger partial charge in [-0.2, -0.15) is 16.9 Å². The van der Waals surface area contributed by atoms with Crippen LogP contribution in [0.1, 0.15) is 29.2 Å². The summed E-state index contributed by atoms with van der Waals surface area (Å²) in [7, 11) is 0. The van der Waals surface area contributed by atoms with Gasteiger partial charge in [0.1, 0.15) is 5.71 Å². The van der Waals surface area contributed by atoms with Crippen molar-refractivity contribution < 1.29 is 14.3 Å². The maximum absolute atomic E-state index is 11.8. The molecular weight excluding hydrogens is 406 g/mol. The highest BCUT2D eigenvalue weighted by molar-refractivity contribution is 7.98. The number of urea groups is 1. The van der Waals surface area contributed by atoms with Crippen LogP contribution >= 0.6 is 34.7 Å². The first-order valence-electron chi connectivity index (χ1n) is 8.27. The number of nitrogens with one attached hydrogen (secondary N) is 2. The van der Waals surface area contributed by atoms with E-state index in [1.54, 1.807) is 30.4 Å². The number of halogens is 1. The van der Waals surface area contributed by atoms with Gasteiger partial charge in [0.25, 0.3) is 0 Å². The second kappa shape index (κ2) is 11.0. The molecule has 0 fully saturated rings. The largest absolute Gasteiger partial charge is 0.450 e. The fourth-order valence-electron chi connectivity index (χ4n) is 2.05. The fraction of sp³-hybridized carbons (Fsp3) is 0.278. The lowest BCUT2D eigenvalue weighted by atomic mass is 10.1. The summed E-state index contributed by atoms with van der Waals surface area (Å²) in [4.78, 5) is 25.3. The molecule has 0 unspecified atom stereocenters. The van der Waals surface area contributed by atoms with E-state index in [4.69, 9.17) is 11.6 Å². The molecule has 3 amide bonds. The van der Waals surface area contributed by atoms with E-state index in [0.29, 0.717) is 10.7 Å². The number of carbonyl (C=O) groups is 2. The van der Waals surface area contributed by atoms with Gasteiger partial charge >= 0.3 is 12.1 Å². The molecule has 9 heteroatoms. The van der Waals surface area contributed by atoms with E-state index in [0.717, 1.165) is 21.9 Å². The number of amides is 3. The van der Waals surface area contributed by atoms with Gasteiger partial charge in [0.2, 0.25) is 0 Å². The first-order valence-corrected chi connectivity index (χ1v) is 10.6. The van der Waals surface area contributed by atoms with Crippen LogP contribution in [0.25, 0.3) is 0 Å². The number of hydrogen-bond acceptors (Lipinski definition) is 6. The van der Waals surface area contributed by atoms with E-state index < -0.39 is 12.1 Å². The van der Waals surface area contributed by atoms with Crippen molar-refractivity contribution in [2.75, 3.05) is 12.4 Å². The van der Waals surface area contributed by atoms with E-state index in [-0.39, 0.29) is 6.61 Å². The van der Waals surface area contributed by atoms with E-state index in [1.807, 2.05) is 41.3 Å². The zero-order valence-corrected chi connectivity index (χ0v) is 17.3. The maximum Gasteiger partial charge on any atom is 0.415 e. The lowest BCUT2D eigenvalue weighted by Gasteiger charge is -2.07. The monoisotopic (exact) mass is 425 g/mol. The first-order chi connectivity index (χ1) is 13.0. The molecule has 1 aromatic heterocycles. The highest BCUT2D eigenvalue weighted by Crippen LogP contribution is 2.24. The number of imide groups is 1. The molecule has 2 aromatic rings. The standard InChI is InChI=1S/C18H20ClN3O3S2/c1-3-25-18(24)20-17(23)22-21-16(12-5-7-13(19)8-6-12)15-10-9-14(27-15)11-26-4-2/h5-10H,3-4,11H2,1-2H3,(H2,20,22,23,24). The molecule has 0 aliphatic carbocycles. The van der Waals surface area contributed by atoms with Gasteiger partial charge in [-0.25, -0.2) is 20.3 Å². The average molecular weight is 426 g/mol. The van der Waals surface area contributed by atoms with Crippen molar-refractivity contribution in [2.24, 2.45) is 5.10 Å². The van der Waals surface area contributed by atoms with E-state index in [2.05, 4.69) is 22.2 Å². The molecule has 2 N–H and O–H groups in total. The van der Waals surface area contributed by atoms with Crippen molar-refractivity contribution in [1.82, 2.24) is 10.7 Å².